The average Bonchev–Trinajstić information content (AvgIpc) is 3.23. The predicted octanol–water partition coefficient (Wildman–Crippen LogP) is 9.21. The van der Waals surface area contributed by atoms with E-state index in [1.165, 1.54) is 17.4 Å². The first-order valence-electron chi connectivity index (χ1n) is 11.3. The molecule has 0 atom stereocenters. The van der Waals surface area contributed by atoms with Crippen molar-refractivity contribution in [2.75, 3.05) is 5.32 Å². The predicted molar refractivity (Wildman–Crippen MR) is 142 cm³/mol. The van der Waals surface area contributed by atoms with Gasteiger partial charge in [0.15, 0.2) is 5.75 Å². The summed E-state index contributed by atoms with van der Waals surface area (Å²) >= 11 is 7.60. The Kier molecular flexibility index (Phi) is 6.91. The molecule has 1 heterocycles. The summed E-state index contributed by atoms with van der Waals surface area (Å²) in [6, 6.07) is 27.3. The number of ether oxygens (including phenoxy) is 1. The molecule has 5 rings (SSSR count). The molecule has 0 radical (unpaired) electrons. The Morgan fingerprint density at radius 3 is 2.32 bits per heavy atom. The van der Waals surface area contributed by atoms with Crippen molar-refractivity contribution in [3.8, 4) is 11.5 Å². The summed E-state index contributed by atoms with van der Waals surface area (Å²) < 4.78 is 47.5. The van der Waals surface area contributed by atoms with Gasteiger partial charge in [0.1, 0.15) is 10.6 Å². The third-order valence-corrected chi connectivity index (χ3v) is 7.40. The standard InChI is InChI=1S/C29H19ClF3NO2S/c30-26-21-11-5-7-13-25(21)37-27(26)28(35)34-22-17-20(29(31,32)33)14-15-24(22)36-23-12-6-4-10-19(23)16-18-8-2-1-3-9-18/h1-15,17H,16H2,(H,34,35). The molecule has 0 bridgehead atoms. The molecule has 1 aromatic heterocycles. The Balaban J connectivity index is 1.50. The van der Waals surface area contributed by atoms with Gasteiger partial charge in [0.2, 0.25) is 0 Å². The van der Waals surface area contributed by atoms with E-state index in [1.54, 1.807) is 24.3 Å². The molecule has 0 saturated carbocycles. The van der Waals surface area contributed by atoms with Crippen LogP contribution < -0.4 is 10.1 Å². The molecule has 1 N–H and O–H groups in total. The normalized spacial score (nSPS) is 11.5. The number of benzene rings is 4. The van der Waals surface area contributed by atoms with Crippen molar-refractivity contribution in [3.05, 3.63) is 124 Å². The summed E-state index contributed by atoms with van der Waals surface area (Å²) in [5, 5.41) is 3.55. The number of hydrogen-bond acceptors (Lipinski definition) is 3. The summed E-state index contributed by atoms with van der Waals surface area (Å²) in [6.07, 6.45) is -4.03. The highest BCUT2D eigenvalue weighted by Crippen LogP contribution is 2.40. The molecule has 8 heteroatoms. The van der Waals surface area contributed by atoms with Gasteiger partial charge in [0, 0.05) is 16.5 Å². The zero-order chi connectivity index (χ0) is 26.0. The minimum atomic E-state index is -4.60. The van der Waals surface area contributed by atoms with Gasteiger partial charge < -0.3 is 10.1 Å². The minimum absolute atomic E-state index is 0.0825. The zero-order valence-corrected chi connectivity index (χ0v) is 20.8. The Hall–Kier alpha value is -3.81. The van der Waals surface area contributed by atoms with E-state index in [0.717, 1.165) is 28.0 Å². The van der Waals surface area contributed by atoms with E-state index >= 15 is 0 Å². The van der Waals surface area contributed by atoms with Crippen LogP contribution in [0.15, 0.2) is 97.1 Å². The van der Waals surface area contributed by atoms with Crippen molar-refractivity contribution in [1.29, 1.82) is 0 Å². The van der Waals surface area contributed by atoms with Gasteiger partial charge in [0.05, 0.1) is 16.3 Å². The minimum Gasteiger partial charge on any atom is -0.455 e. The summed E-state index contributed by atoms with van der Waals surface area (Å²) in [6.45, 7) is 0. The molecule has 0 saturated heterocycles. The van der Waals surface area contributed by atoms with E-state index < -0.39 is 17.6 Å². The molecule has 1 amide bonds. The van der Waals surface area contributed by atoms with Gasteiger partial charge >= 0.3 is 6.18 Å². The van der Waals surface area contributed by atoms with E-state index in [-0.39, 0.29) is 21.3 Å². The average molecular weight is 538 g/mol. The highest BCUT2D eigenvalue weighted by molar-refractivity contribution is 7.21. The second-order valence-corrected chi connectivity index (χ2v) is 9.71. The summed E-state index contributed by atoms with van der Waals surface area (Å²) in [4.78, 5) is 13.4. The number of fused-ring (bicyclic) bond motifs is 1. The summed E-state index contributed by atoms with van der Waals surface area (Å²) in [5.41, 5.74) is 0.885. The molecule has 0 aliphatic heterocycles. The number of para-hydroxylation sites is 1. The molecule has 0 fully saturated rings. The maximum Gasteiger partial charge on any atom is 0.416 e. The van der Waals surface area contributed by atoms with Crippen molar-refractivity contribution in [3.63, 3.8) is 0 Å². The maximum atomic E-state index is 13.5. The van der Waals surface area contributed by atoms with Crippen LogP contribution >= 0.6 is 22.9 Å². The van der Waals surface area contributed by atoms with Crippen molar-refractivity contribution < 1.29 is 22.7 Å². The number of carbonyl (C=O) groups is 1. The van der Waals surface area contributed by atoms with Crippen molar-refractivity contribution >= 4 is 44.6 Å². The lowest BCUT2D eigenvalue weighted by molar-refractivity contribution is -0.137. The number of carbonyl (C=O) groups excluding carboxylic acids is 1. The van der Waals surface area contributed by atoms with Gasteiger partial charge in [-0.15, -0.1) is 11.3 Å². The monoisotopic (exact) mass is 537 g/mol. The lowest BCUT2D eigenvalue weighted by atomic mass is 10.0. The van der Waals surface area contributed by atoms with E-state index in [1.807, 2.05) is 54.6 Å². The molecular weight excluding hydrogens is 519 g/mol. The molecule has 5 aromatic rings. The number of halogens is 4. The smallest absolute Gasteiger partial charge is 0.416 e. The van der Waals surface area contributed by atoms with Crippen molar-refractivity contribution in [2.24, 2.45) is 0 Å². The molecule has 0 aliphatic carbocycles. The summed E-state index contributed by atoms with van der Waals surface area (Å²) in [5.74, 6) is -0.0615. The first kappa shape index (κ1) is 24.9. The highest BCUT2D eigenvalue weighted by atomic mass is 35.5. The Labute approximate surface area is 220 Å². The molecule has 37 heavy (non-hydrogen) atoms. The van der Waals surface area contributed by atoms with Crippen LogP contribution in [0.1, 0.15) is 26.4 Å². The Morgan fingerprint density at radius 1 is 0.865 bits per heavy atom. The van der Waals surface area contributed by atoms with Crippen LogP contribution in [0.2, 0.25) is 5.02 Å². The second-order valence-electron chi connectivity index (χ2n) is 8.28. The Morgan fingerprint density at radius 2 is 1.57 bits per heavy atom. The fraction of sp³-hybridized carbons (Fsp3) is 0.0690. The first-order valence-corrected chi connectivity index (χ1v) is 12.5. The highest BCUT2D eigenvalue weighted by Gasteiger charge is 2.32. The third-order valence-electron chi connectivity index (χ3n) is 5.73. The van der Waals surface area contributed by atoms with Crippen LogP contribution in [0.4, 0.5) is 18.9 Å². The number of thiophene rings is 1. The third kappa shape index (κ3) is 5.48. The van der Waals surface area contributed by atoms with Crippen LogP contribution in [-0.4, -0.2) is 5.91 Å². The van der Waals surface area contributed by atoms with Gasteiger partial charge in [-0.25, -0.2) is 0 Å². The van der Waals surface area contributed by atoms with Crippen LogP contribution in [-0.2, 0) is 12.6 Å². The van der Waals surface area contributed by atoms with Crippen LogP contribution in [0.3, 0.4) is 0 Å². The van der Waals surface area contributed by atoms with Crippen LogP contribution in [0.5, 0.6) is 11.5 Å². The number of nitrogens with one attached hydrogen (secondary N) is 1. The molecule has 3 nitrogen and oxygen atoms in total. The van der Waals surface area contributed by atoms with Gasteiger partial charge in [-0.1, -0.05) is 78.3 Å². The molecule has 0 unspecified atom stereocenters. The van der Waals surface area contributed by atoms with E-state index in [4.69, 9.17) is 16.3 Å². The lowest BCUT2D eigenvalue weighted by Crippen LogP contribution is -2.13. The first-order chi connectivity index (χ1) is 17.8. The van der Waals surface area contributed by atoms with Crippen LogP contribution in [0, 0.1) is 0 Å². The number of alkyl halides is 3. The number of anilines is 1. The Bertz CT molecular complexity index is 1580. The SMILES string of the molecule is O=C(Nc1cc(C(F)(F)F)ccc1Oc1ccccc1Cc1ccccc1)c1sc2ccccc2c1Cl. The maximum absolute atomic E-state index is 13.5. The zero-order valence-electron chi connectivity index (χ0n) is 19.2. The van der Waals surface area contributed by atoms with Gasteiger partial charge in [-0.3, -0.25) is 4.79 Å². The van der Waals surface area contributed by atoms with Gasteiger partial charge in [-0.05, 0) is 41.5 Å². The second kappa shape index (κ2) is 10.3. The fourth-order valence-electron chi connectivity index (χ4n) is 3.92. The largest absolute Gasteiger partial charge is 0.455 e. The molecule has 0 spiro atoms. The van der Waals surface area contributed by atoms with Crippen LogP contribution in [0.25, 0.3) is 10.1 Å². The van der Waals surface area contributed by atoms with Gasteiger partial charge in [-0.2, -0.15) is 13.2 Å². The van der Waals surface area contributed by atoms with Crippen molar-refractivity contribution in [2.45, 2.75) is 12.6 Å². The number of hydrogen-bond donors (Lipinski definition) is 1. The van der Waals surface area contributed by atoms with Crippen molar-refractivity contribution in [1.82, 2.24) is 0 Å². The number of amides is 1. The molecular formula is C29H19ClF3NO2S. The molecule has 0 aliphatic rings. The van der Waals surface area contributed by atoms with Gasteiger partial charge in [0.25, 0.3) is 5.91 Å². The summed E-state index contributed by atoms with van der Waals surface area (Å²) in [7, 11) is 0. The van der Waals surface area contributed by atoms with E-state index in [2.05, 4.69) is 5.32 Å². The topological polar surface area (TPSA) is 38.3 Å². The van der Waals surface area contributed by atoms with E-state index in [0.29, 0.717) is 17.6 Å². The fourth-order valence-corrected chi connectivity index (χ4v) is 5.33. The quantitative estimate of drug-likeness (QED) is 0.234. The molecule has 186 valence electrons. The lowest BCUT2D eigenvalue weighted by Gasteiger charge is -2.17. The molecule has 4 aromatic carbocycles. The number of rotatable bonds is 6. The van der Waals surface area contributed by atoms with E-state index in [9.17, 15) is 18.0 Å².